The molecule has 6 nitrogen and oxygen atoms in total. The molecule has 0 aliphatic carbocycles. The molecule has 1 fully saturated rings. The van der Waals surface area contributed by atoms with E-state index in [1.54, 1.807) is 11.1 Å². The van der Waals surface area contributed by atoms with Gasteiger partial charge in [0.1, 0.15) is 11.4 Å². The van der Waals surface area contributed by atoms with Gasteiger partial charge in [0.05, 0.1) is 4.47 Å². The number of halogens is 1. The summed E-state index contributed by atoms with van der Waals surface area (Å²) in [7, 11) is 0. The number of hydrogen-bond donors (Lipinski definition) is 0. The molecular weight excluding hydrogens is 380 g/mol. The maximum Gasteiger partial charge on any atom is 0.410 e. The standard InChI is InChI=1S/C15H23BrN4O2S/c1-15(2,3)22-14(21)20-7-5-6-19(8-9-20)12-11(16)10-17-13(18-12)23-4/h10H,5-9H2,1-4H3. The maximum absolute atomic E-state index is 12.2. The van der Waals surface area contributed by atoms with Crippen LogP contribution in [0.3, 0.4) is 0 Å². The molecule has 2 heterocycles. The minimum Gasteiger partial charge on any atom is -0.444 e. The Morgan fingerprint density at radius 3 is 2.70 bits per heavy atom. The molecule has 0 unspecified atom stereocenters. The summed E-state index contributed by atoms with van der Waals surface area (Å²) in [6.07, 6.45) is 4.38. The number of nitrogens with zero attached hydrogens (tertiary/aromatic N) is 4. The van der Waals surface area contributed by atoms with Gasteiger partial charge < -0.3 is 14.5 Å². The minimum atomic E-state index is -0.466. The molecule has 2 rings (SSSR count). The second-order valence-corrected chi connectivity index (χ2v) is 7.96. The SMILES string of the molecule is CSc1ncc(Br)c(N2CCCN(C(=O)OC(C)(C)C)CC2)n1. The predicted octanol–water partition coefficient (Wildman–Crippen LogP) is 3.41. The predicted molar refractivity (Wildman–Crippen MR) is 96.2 cm³/mol. The fraction of sp³-hybridized carbons (Fsp3) is 0.667. The second kappa shape index (κ2) is 7.70. The first-order valence-electron chi connectivity index (χ1n) is 7.59. The van der Waals surface area contributed by atoms with Crippen LogP contribution in [0.25, 0.3) is 0 Å². The van der Waals surface area contributed by atoms with Gasteiger partial charge in [0.2, 0.25) is 0 Å². The molecule has 0 aromatic carbocycles. The summed E-state index contributed by atoms with van der Waals surface area (Å²) in [4.78, 5) is 25.0. The van der Waals surface area contributed by atoms with Crippen LogP contribution in [0.5, 0.6) is 0 Å². The van der Waals surface area contributed by atoms with Gasteiger partial charge in [-0.3, -0.25) is 0 Å². The van der Waals surface area contributed by atoms with E-state index in [4.69, 9.17) is 4.74 Å². The molecule has 0 bridgehead atoms. The van der Waals surface area contributed by atoms with Crippen LogP contribution in [0.15, 0.2) is 15.8 Å². The van der Waals surface area contributed by atoms with Gasteiger partial charge in [0.25, 0.3) is 0 Å². The number of aromatic nitrogens is 2. The van der Waals surface area contributed by atoms with Crippen LogP contribution in [0.2, 0.25) is 0 Å². The molecule has 0 saturated carbocycles. The summed E-state index contributed by atoms with van der Waals surface area (Å²) in [5.41, 5.74) is -0.466. The summed E-state index contributed by atoms with van der Waals surface area (Å²) in [5.74, 6) is 0.885. The van der Waals surface area contributed by atoms with E-state index in [0.29, 0.717) is 13.1 Å². The fourth-order valence-electron chi connectivity index (χ4n) is 2.30. The largest absolute Gasteiger partial charge is 0.444 e. The Morgan fingerprint density at radius 1 is 1.30 bits per heavy atom. The van der Waals surface area contributed by atoms with E-state index < -0.39 is 5.60 Å². The van der Waals surface area contributed by atoms with Crippen LogP contribution in [0, 0.1) is 0 Å². The summed E-state index contributed by atoms with van der Waals surface area (Å²) >= 11 is 5.04. The highest BCUT2D eigenvalue weighted by molar-refractivity contribution is 9.10. The van der Waals surface area contributed by atoms with Crippen molar-refractivity contribution in [2.24, 2.45) is 0 Å². The van der Waals surface area contributed by atoms with E-state index in [0.717, 1.165) is 35.0 Å². The van der Waals surface area contributed by atoms with Gasteiger partial charge in [-0.2, -0.15) is 0 Å². The highest BCUT2D eigenvalue weighted by Gasteiger charge is 2.25. The Hall–Kier alpha value is -1.02. The molecule has 1 aliphatic rings. The molecule has 0 N–H and O–H groups in total. The van der Waals surface area contributed by atoms with Crippen molar-refractivity contribution in [1.29, 1.82) is 0 Å². The zero-order valence-electron chi connectivity index (χ0n) is 14.0. The van der Waals surface area contributed by atoms with Crippen molar-refractivity contribution in [1.82, 2.24) is 14.9 Å². The van der Waals surface area contributed by atoms with Crippen molar-refractivity contribution >= 4 is 39.6 Å². The van der Waals surface area contributed by atoms with E-state index in [1.165, 1.54) is 11.8 Å². The number of hydrogen-bond acceptors (Lipinski definition) is 6. The molecule has 1 amide bonds. The molecule has 1 aromatic rings. The summed E-state index contributed by atoms with van der Waals surface area (Å²) < 4.78 is 6.34. The van der Waals surface area contributed by atoms with Gasteiger partial charge in [0, 0.05) is 32.4 Å². The summed E-state index contributed by atoms with van der Waals surface area (Å²) in [6.45, 7) is 8.56. The Morgan fingerprint density at radius 2 is 2.04 bits per heavy atom. The van der Waals surface area contributed by atoms with Gasteiger partial charge in [-0.15, -0.1) is 0 Å². The Bertz CT molecular complexity index is 565. The van der Waals surface area contributed by atoms with Crippen LogP contribution in [0.1, 0.15) is 27.2 Å². The maximum atomic E-state index is 12.2. The van der Waals surface area contributed by atoms with Crippen molar-refractivity contribution < 1.29 is 9.53 Å². The first-order chi connectivity index (χ1) is 10.8. The first-order valence-corrected chi connectivity index (χ1v) is 9.61. The number of rotatable bonds is 2. The topological polar surface area (TPSA) is 58.6 Å². The molecule has 128 valence electrons. The number of carbonyl (C=O) groups excluding carboxylic acids is 1. The van der Waals surface area contributed by atoms with E-state index in [2.05, 4.69) is 30.8 Å². The lowest BCUT2D eigenvalue weighted by molar-refractivity contribution is 0.0263. The van der Waals surface area contributed by atoms with Gasteiger partial charge >= 0.3 is 6.09 Å². The Balaban J connectivity index is 2.05. The van der Waals surface area contributed by atoms with E-state index in [1.807, 2.05) is 27.0 Å². The molecule has 1 aromatic heterocycles. The average Bonchev–Trinajstić information content (AvgIpc) is 2.72. The van der Waals surface area contributed by atoms with E-state index >= 15 is 0 Å². The van der Waals surface area contributed by atoms with Gasteiger partial charge in [0.15, 0.2) is 5.16 Å². The highest BCUT2D eigenvalue weighted by atomic mass is 79.9. The van der Waals surface area contributed by atoms with Crippen molar-refractivity contribution in [3.05, 3.63) is 10.7 Å². The van der Waals surface area contributed by atoms with Crippen molar-refractivity contribution in [3.63, 3.8) is 0 Å². The fourth-order valence-corrected chi connectivity index (χ4v) is 3.08. The van der Waals surface area contributed by atoms with Crippen molar-refractivity contribution in [3.8, 4) is 0 Å². The van der Waals surface area contributed by atoms with Crippen LogP contribution < -0.4 is 4.90 Å². The highest BCUT2D eigenvalue weighted by Crippen LogP contribution is 2.26. The molecule has 0 spiro atoms. The molecule has 8 heteroatoms. The summed E-state index contributed by atoms with van der Waals surface area (Å²) in [5, 5.41) is 0.747. The first kappa shape index (κ1) is 18.3. The number of thioether (sulfide) groups is 1. The smallest absolute Gasteiger partial charge is 0.410 e. The monoisotopic (exact) mass is 402 g/mol. The average molecular weight is 403 g/mol. The quantitative estimate of drug-likeness (QED) is 0.557. The van der Waals surface area contributed by atoms with E-state index in [9.17, 15) is 4.79 Å². The minimum absolute atomic E-state index is 0.245. The molecule has 1 aliphatic heterocycles. The molecule has 23 heavy (non-hydrogen) atoms. The Labute approximate surface area is 150 Å². The number of carbonyl (C=O) groups is 1. The van der Waals surface area contributed by atoms with Crippen LogP contribution in [-0.2, 0) is 4.74 Å². The van der Waals surface area contributed by atoms with Gasteiger partial charge in [-0.1, -0.05) is 11.8 Å². The molecule has 0 radical (unpaired) electrons. The lowest BCUT2D eigenvalue weighted by atomic mass is 10.2. The van der Waals surface area contributed by atoms with Crippen molar-refractivity contribution in [2.45, 2.75) is 37.9 Å². The Kier molecular flexibility index (Phi) is 6.13. The van der Waals surface area contributed by atoms with E-state index in [-0.39, 0.29) is 6.09 Å². The van der Waals surface area contributed by atoms with Crippen LogP contribution in [0.4, 0.5) is 10.6 Å². The number of amides is 1. The third-order valence-electron chi connectivity index (χ3n) is 3.33. The van der Waals surface area contributed by atoms with Crippen LogP contribution in [-0.4, -0.2) is 59.0 Å². The molecule has 0 atom stereocenters. The third kappa shape index (κ3) is 5.24. The molecular formula is C15H23BrN4O2S. The number of ether oxygens (including phenoxy) is 1. The third-order valence-corrected chi connectivity index (χ3v) is 4.45. The van der Waals surface area contributed by atoms with Crippen LogP contribution >= 0.6 is 27.7 Å². The van der Waals surface area contributed by atoms with Gasteiger partial charge in [-0.05, 0) is 49.4 Å². The normalized spacial score (nSPS) is 16.2. The zero-order chi connectivity index (χ0) is 17.0. The second-order valence-electron chi connectivity index (χ2n) is 6.34. The lowest BCUT2D eigenvalue weighted by Gasteiger charge is -2.26. The van der Waals surface area contributed by atoms with Gasteiger partial charge in [-0.25, -0.2) is 14.8 Å². The zero-order valence-corrected chi connectivity index (χ0v) is 16.4. The van der Waals surface area contributed by atoms with Crippen molar-refractivity contribution in [2.75, 3.05) is 37.3 Å². The molecule has 1 saturated heterocycles. The lowest BCUT2D eigenvalue weighted by Crippen LogP contribution is -2.39. The summed E-state index contributed by atoms with van der Waals surface area (Å²) in [6, 6.07) is 0. The number of anilines is 1.